The summed E-state index contributed by atoms with van der Waals surface area (Å²) in [5, 5.41) is 7.42. The van der Waals surface area contributed by atoms with Crippen molar-refractivity contribution >= 4 is 18.3 Å². The molecule has 1 aromatic heterocycles. The maximum Gasteiger partial charge on any atom is 0.227 e. The number of carbonyl (C=O) groups is 1. The van der Waals surface area contributed by atoms with Crippen LogP contribution in [0.5, 0.6) is 0 Å². The molecule has 1 amide bonds. The standard InChI is InChI=1S/C17H20F2N4O.ClH/c1-22(9-11-3-4-15(18)16(19)5-11)17(24)14-8-20-7-13(14)12-6-21-23(2)10-12;/h3-6,10,13-14,20H,7-9H2,1-2H3;1H/t13-,14+;/m1./s1. The first-order valence-electron chi connectivity index (χ1n) is 7.84. The third kappa shape index (κ3) is 4.16. The number of benzene rings is 1. The number of hydrogen-bond acceptors (Lipinski definition) is 3. The van der Waals surface area contributed by atoms with Crippen LogP contribution in [0.2, 0.25) is 0 Å². The van der Waals surface area contributed by atoms with Crippen molar-refractivity contribution in [3.05, 3.63) is 53.4 Å². The molecule has 0 aliphatic carbocycles. The van der Waals surface area contributed by atoms with Crippen LogP contribution >= 0.6 is 12.4 Å². The number of nitrogens with one attached hydrogen (secondary N) is 1. The lowest BCUT2D eigenvalue weighted by Crippen LogP contribution is -2.35. The molecular weight excluding hydrogens is 350 g/mol. The van der Waals surface area contributed by atoms with E-state index in [1.807, 2.05) is 13.2 Å². The van der Waals surface area contributed by atoms with E-state index < -0.39 is 11.6 Å². The summed E-state index contributed by atoms with van der Waals surface area (Å²) >= 11 is 0. The van der Waals surface area contributed by atoms with Crippen molar-refractivity contribution in [2.24, 2.45) is 13.0 Å². The molecule has 1 N–H and O–H groups in total. The third-order valence-electron chi connectivity index (χ3n) is 4.46. The Morgan fingerprint density at radius 2 is 2.12 bits per heavy atom. The van der Waals surface area contributed by atoms with Gasteiger partial charge in [0.1, 0.15) is 0 Å². The van der Waals surface area contributed by atoms with Gasteiger partial charge < -0.3 is 10.2 Å². The van der Waals surface area contributed by atoms with E-state index in [1.165, 1.54) is 6.07 Å². The molecule has 0 bridgehead atoms. The number of aryl methyl sites for hydroxylation is 1. The summed E-state index contributed by atoms with van der Waals surface area (Å²) in [4.78, 5) is 14.3. The number of hydrogen-bond donors (Lipinski definition) is 1. The summed E-state index contributed by atoms with van der Waals surface area (Å²) in [7, 11) is 3.53. The maximum atomic E-state index is 13.3. The molecule has 5 nitrogen and oxygen atoms in total. The van der Waals surface area contributed by atoms with Gasteiger partial charge in [0.2, 0.25) is 5.91 Å². The van der Waals surface area contributed by atoms with Gasteiger partial charge in [-0.15, -0.1) is 12.4 Å². The van der Waals surface area contributed by atoms with Crippen molar-refractivity contribution in [1.82, 2.24) is 20.0 Å². The van der Waals surface area contributed by atoms with E-state index in [0.29, 0.717) is 12.1 Å². The molecule has 2 atom stereocenters. The number of rotatable bonds is 4. The van der Waals surface area contributed by atoms with Crippen molar-refractivity contribution in [3.63, 3.8) is 0 Å². The Bertz CT molecular complexity index is 752. The maximum absolute atomic E-state index is 13.3. The lowest BCUT2D eigenvalue weighted by Gasteiger charge is -2.24. The van der Waals surface area contributed by atoms with E-state index in [9.17, 15) is 13.6 Å². The largest absolute Gasteiger partial charge is 0.341 e. The zero-order chi connectivity index (χ0) is 17.3. The highest BCUT2D eigenvalue weighted by molar-refractivity contribution is 5.85. The Hall–Kier alpha value is -1.99. The minimum atomic E-state index is -0.899. The van der Waals surface area contributed by atoms with Crippen LogP contribution in [0.1, 0.15) is 17.0 Å². The van der Waals surface area contributed by atoms with Crippen LogP contribution in [0.15, 0.2) is 30.6 Å². The molecule has 0 spiro atoms. The minimum Gasteiger partial charge on any atom is -0.341 e. The van der Waals surface area contributed by atoms with Crippen molar-refractivity contribution < 1.29 is 13.6 Å². The van der Waals surface area contributed by atoms with Crippen LogP contribution in [-0.2, 0) is 18.4 Å². The first-order chi connectivity index (χ1) is 11.5. The van der Waals surface area contributed by atoms with Crippen LogP contribution in [0, 0.1) is 17.6 Å². The van der Waals surface area contributed by atoms with E-state index in [1.54, 1.807) is 22.8 Å². The summed E-state index contributed by atoms with van der Waals surface area (Å²) < 4.78 is 28.1. The molecule has 2 aromatic rings. The van der Waals surface area contributed by atoms with Crippen LogP contribution < -0.4 is 5.32 Å². The van der Waals surface area contributed by atoms with Gasteiger partial charge in [-0.1, -0.05) is 6.07 Å². The Labute approximate surface area is 151 Å². The average Bonchev–Trinajstić information content (AvgIpc) is 3.18. The topological polar surface area (TPSA) is 50.2 Å². The molecule has 1 aliphatic rings. The third-order valence-corrected chi connectivity index (χ3v) is 4.46. The van der Waals surface area contributed by atoms with Gasteiger partial charge in [-0.05, 0) is 23.3 Å². The van der Waals surface area contributed by atoms with E-state index in [4.69, 9.17) is 0 Å². The fourth-order valence-corrected chi connectivity index (χ4v) is 3.19. The molecule has 0 unspecified atom stereocenters. The van der Waals surface area contributed by atoms with E-state index >= 15 is 0 Å². The molecule has 136 valence electrons. The van der Waals surface area contributed by atoms with E-state index in [0.717, 1.165) is 24.2 Å². The zero-order valence-electron chi connectivity index (χ0n) is 14.1. The first-order valence-corrected chi connectivity index (χ1v) is 7.84. The number of amides is 1. The zero-order valence-corrected chi connectivity index (χ0v) is 14.9. The van der Waals surface area contributed by atoms with Gasteiger partial charge >= 0.3 is 0 Å². The van der Waals surface area contributed by atoms with Gasteiger partial charge in [0.15, 0.2) is 11.6 Å². The highest BCUT2D eigenvalue weighted by Gasteiger charge is 2.36. The summed E-state index contributed by atoms with van der Waals surface area (Å²) in [5.74, 6) is -1.92. The number of aromatic nitrogens is 2. The van der Waals surface area contributed by atoms with Gasteiger partial charge in [-0.25, -0.2) is 8.78 Å². The Kier molecular flexibility index (Phi) is 6.13. The molecule has 25 heavy (non-hydrogen) atoms. The fraction of sp³-hybridized carbons (Fsp3) is 0.412. The Balaban J connectivity index is 0.00000225. The summed E-state index contributed by atoms with van der Waals surface area (Å²) in [6.07, 6.45) is 3.71. The molecule has 2 heterocycles. The molecule has 0 saturated carbocycles. The molecule has 1 aromatic carbocycles. The van der Waals surface area contributed by atoms with Gasteiger partial charge in [0.05, 0.1) is 12.1 Å². The van der Waals surface area contributed by atoms with E-state index in [-0.39, 0.29) is 36.7 Å². The smallest absolute Gasteiger partial charge is 0.227 e. The second-order valence-corrected chi connectivity index (χ2v) is 6.26. The van der Waals surface area contributed by atoms with Crippen molar-refractivity contribution in [1.29, 1.82) is 0 Å². The molecule has 1 fully saturated rings. The van der Waals surface area contributed by atoms with Crippen molar-refractivity contribution in [2.45, 2.75) is 12.5 Å². The SMILES string of the molecule is CN(Cc1ccc(F)c(F)c1)C(=O)[C@H]1CNC[C@@H]1c1cnn(C)c1.Cl. The second-order valence-electron chi connectivity index (χ2n) is 6.26. The molecule has 1 saturated heterocycles. The highest BCUT2D eigenvalue weighted by atomic mass is 35.5. The first kappa shape index (κ1) is 19.3. The predicted octanol–water partition coefficient (Wildman–Crippen LogP) is 2.08. The number of halogens is 3. The fourth-order valence-electron chi connectivity index (χ4n) is 3.19. The quantitative estimate of drug-likeness (QED) is 0.896. The van der Waals surface area contributed by atoms with Crippen molar-refractivity contribution in [3.8, 4) is 0 Å². The Morgan fingerprint density at radius 1 is 1.36 bits per heavy atom. The van der Waals surface area contributed by atoms with Crippen LogP contribution in [0.3, 0.4) is 0 Å². The lowest BCUT2D eigenvalue weighted by atomic mass is 9.90. The second kappa shape index (κ2) is 7.93. The summed E-state index contributed by atoms with van der Waals surface area (Å²) in [6, 6.07) is 3.71. The Morgan fingerprint density at radius 3 is 2.76 bits per heavy atom. The van der Waals surface area contributed by atoms with Gasteiger partial charge in [-0.2, -0.15) is 5.10 Å². The van der Waals surface area contributed by atoms with Crippen LogP contribution in [0.4, 0.5) is 8.78 Å². The lowest BCUT2D eigenvalue weighted by molar-refractivity contribution is -0.134. The van der Waals surface area contributed by atoms with Gasteiger partial charge in [0, 0.05) is 45.8 Å². The minimum absolute atomic E-state index is 0. The monoisotopic (exact) mass is 370 g/mol. The molecule has 3 rings (SSSR count). The highest BCUT2D eigenvalue weighted by Crippen LogP contribution is 2.29. The molecule has 0 radical (unpaired) electrons. The summed E-state index contributed by atoms with van der Waals surface area (Å²) in [5.41, 5.74) is 1.59. The van der Waals surface area contributed by atoms with Crippen LogP contribution in [-0.4, -0.2) is 40.7 Å². The van der Waals surface area contributed by atoms with Gasteiger partial charge in [-0.3, -0.25) is 9.48 Å². The van der Waals surface area contributed by atoms with Gasteiger partial charge in [0.25, 0.3) is 0 Å². The number of carbonyl (C=O) groups excluding carboxylic acids is 1. The van der Waals surface area contributed by atoms with E-state index in [2.05, 4.69) is 10.4 Å². The molecule has 8 heteroatoms. The normalized spacial score (nSPS) is 19.5. The predicted molar refractivity (Wildman–Crippen MR) is 92.4 cm³/mol. The van der Waals surface area contributed by atoms with Crippen LogP contribution in [0.25, 0.3) is 0 Å². The molecule has 1 aliphatic heterocycles. The number of nitrogens with zero attached hydrogens (tertiary/aromatic N) is 3. The summed E-state index contributed by atoms with van der Waals surface area (Å²) in [6.45, 7) is 1.56. The molecular formula is C17H21ClF2N4O. The van der Waals surface area contributed by atoms with Crippen molar-refractivity contribution in [2.75, 3.05) is 20.1 Å². The average molecular weight is 371 g/mol.